The van der Waals surface area contributed by atoms with Crippen LogP contribution in [0.15, 0.2) is 47.6 Å². The van der Waals surface area contributed by atoms with Crippen LogP contribution in [0.25, 0.3) is 10.9 Å². The molecule has 0 aliphatic heterocycles. The van der Waals surface area contributed by atoms with E-state index in [9.17, 15) is 0 Å². The van der Waals surface area contributed by atoms with Crippen molar-refractivity contribution in [1.82, 2.24) is 4.57 Å². The summed E-state index contributed by atoms with van der Waals surface area (Å²) < 4.78 is 2.20. The van der Waals surface area contributed by atoms with Gasteiger partial charge in [-0.25, -0.2) is 0 Å². The van der Waals surface area contributed by atoms with E-state index in [-0.39, 0.29) is 0 Å². The molecule has 0 amide bonds. The summed E-state index contributed by atoms with van der Waals surface area (Å²) in [5.41, 5.74) is 10.3. The van der Waals surface area contributed by atoms with Gasteiger partial charge in [-0.05, 0) is 50.1 Å². The molecule has 0 aliphatic rings. The molecule has 3 heteroatoms. The molecular weight excluding hydrogens is 270 g/mol. The minimum Gasteiger partial charge on any atom is -0.347 e. The first-order valence-electron chi connectivity index (χ1n) is 7.48. The minimum absolute atomic E-state index is 1.01. The van der Waals surface area contributed by atoms with Crippen LogP contribution in [0.3, 0.4) is 0 Å². The highest BCUT2D eigenvalue weighted by Crippen LogP contribution is 2.23. The molecule has 112 valence electrons. The average Bonchev–Trinajstić information content (AvgIpc) is 2.76. The minimum atomic E-state index is 1.01. The molecule has 0 aliphatic carbocycles. The number of hydrogen-bond donors (Lipinski definition) is 1. The van der Waals surface area contributed by atoms with Crippen LogP contribution in [-0.4, -0.2) is 10.8 Å². The van der Waals surface area contributed by atoms with Crippen molar-refractivity contribution in [2.75, 3.05) is 5.43 Å². The topological polar surface area (TPSA) is 29.3 Å². The molecule has 0 atom stereocenters. The van der Waals surface area contributed by atoms with Gasteiger partial charge in [-0.1, -0.05) is 24.3 Å². The molecule has 1 N–H and O–H groups in total. The van der Waals surface area contributed by atoms with E-state index < -0.39 is 0 Å². The third-order valence-electron chi connectivity index (χ3n) is 4.34. The molecule has 0 bridgehead atoms. The van der Waals surface area contributed by atoms with Gasteiger partial charge in [-0.2, -0.15) is 5.10 Å². The first-order chi connectivity index (χ1) is 10.6. The van der Waals surface area contributed by atoms with Gasteiger partial charge in [0.15, 0.2) is 0 Å². The second-order valence-corrected chi connectivity index (χ2v) is 5.74. The van der Waals surface area contributed by atoms with E-state index in [1.54, 1.807) is 0 Å². The molecule has 3 rings (SSSR count). The third-order valence-corrected chi connectivity index (χ3v) is 4.34. The lowest BCUT2D eigenvalue weighted by molar-refractivity contribution is 0.916. The van der Waals surface area contributed by atoms with Crippen LogP contribution in [0.1, 0.15) is 22.4 Å². The first kappa shape index (κ1) is 14.4. The van der Waals surface area contributed by atoms with Gasteiger partial charge in [0, 0.05) is 29.2 Å². The van der Waals surface area contributed by atoms with E-state index in [1.165, 1.54) is 27.7 Å². The smallest absolute Gasteiger partial charge is 0.0569 e. The Labute approximate surface area is 131 Å². The number of nitrogens with zero attached hydrogens (tertiary/aromatic N) is 2. The van der Waals surface area contributed by atoms with Gasteiger partial charge >= 0.3 is 0 Å². The Morgan fingerprint density at radius 2 is 1.77 bits per heavy atom. The molecule has 0 fully saturated rings. The molecular formula is C19H21N3. The largest absolute Gasteiger partial charge is 0.347 e. The van der Waals surface area contributed by atoms with Crippen molar-refractivity contribution in [3.8, 4) is 0 Å². The Bertz CT molecular complexity index is 856. The van der Waals surface area contributed by atoms with Crippen LogP contribution in [-0.2, 0) is 7.05 Å². The van der Waals surface area contributed by atoms with Gasteiger partial charge in [0.1, 0.15) is 0 Å². The number of benzene rings is 2. The van der Waals surface area contributed by atoms with Crippen molar-refractivity contribution in [2.24, 2.45) is 12.1 Å². The van der Waals surface area contributed by atoms with Gasteiger partial charge < -0.3 is 4.57 Å². The first-order valence-corrected chi connectivity index (χ1v) is 7.48. The van der Waals surface area contributed by atoms with E-state index in [2.05, 4.69) is 85.4 Å². The number of anilines is 1. The molecule has 1 aromatic heterocycles. The second kappa shape index (κ2) is 5.68. The van der Waals surface area contributed by atoms with Crippen LogP contribution in [0.2, 0.25) is 0 Å². The van der Waals surface area contributed by atoms with Crippen molar-refractivity contribution in [3.63, 3.8) is 0 Å². The number of aromatic nitrogens is 1. The van der Waals surface area contributed by atoms with E-state index >= 15 is 0 Å². The van der Waals surface area contributed by atoms with Gasteiger partial charge in [-0.3, -0.25) is 5.43 Å². The number of hydrazone groups is 1. The summed E-state index contributed by atoms with van der Waals surface area (Å²) in [6, 6.07) is 14.7. The average molecular weight is 291 g/mol. The lowest BCUT2D eigenvalue weighted by atomic mass is 10.1. The van der Waals surface area contributed by atoms with Crippen molar-refractivity contribution in [3.05, 3.63) is 64.8 Å². The molecule has 0 radical (unpaired) electrons. The van der Waals surface area contributed by atoms with Crippen LogP contribution in [0.4, 0.5) is 5.69 Å². The maximum Gasteiger partial charge on any atom is 0.0569 e. The summed E-state index contributed by atoms with van der Waals surface area (Å²) in [6.45, 7) is 6.35. The van der Waals surface area contributed by atoms with E-state index in [0.29, 0.717) is 0 Å². The van der Waals surface area contributed by atoms with Crippen LogP contribution >= 0.6 is 0 Å². The lowest BCUT2D eigenvalue weighted by Gasteiger charge is -2.04. The summed E-state index contributed by atoms with van der Waals surface area (Å²) in [5, 5.41) is 5.65. The number of aryl methyl sites for hydroxylation is 3. The molecule has 3 nitrogen and oxygen atoms in total. The Kier molecular flexibility index (Phi) is 3.72. The fourth-order valence-corrected chi connectivity index (χ4v) is 2.70. The normalized spacial score (nSPS) is 11.5. The van der Waals surface area contributed by atoms with Gasteiger partial charge in [0.05, 0.1) is 11.9 Å². The second-order valence-electron chi connectivity index (χ2n) is 5.74. The number of hydrogen-bond acceptors (Lipinski definition) is 2. The summed E-state index contributed by atoms with van der Waals surface area (Å²) in [5.74, 6) is 0. The molecule has 0 saturated heterocycles. The Hall–Kier alpha value is -2.55. The van der Waals surface area contributed by atoms with Crippen LogP contribution in [0, 0.1) is 20.8 Å². The molecule has 0 unspecified atom stereocenters. The maximum absolute atomic E-state index is 4.42. The Balaban J connectivity index is 1.90. The van der Waals surface area contributed by atoms with Crippen LogP contribution < -0.4 is 5.43 Å². The molecule has 1 heterocycles. The summed E-state index contributed by atoms with van der Waals surface area (Å²) in [6.07, 6.45) is 1.91. The summed E-state index contributed by atoms with van der Waals surface area (Å²) in [7, 11) is 2.09. The molecule has 3 aromatic rings. The zero-order valence-electron chi connectivity index (χ0n) is 13.5. The zero-order chi connectivity index (χ0) is 15.7. The number of fused-ring (bicyclic) bond motifs is 1. The number of rotatable bonds is 3. The fourth-order valence-electron chi connectivity index (χ4n) is 2.70. The quantitative estimate of drug-likeness (QED) is 0.556. The van der Waals surface area contributed by atoms with E-state index in [4.69, 9.17) is 0 Å². The highest BCUT2D eigenvalue weighted by Gasteiger charge is 2.08. The molecule has 22 heavy (non-hydrogen) atoms. The highest BCUT2D eigenvalue weighted by atomic mass is 15.3. The van der Waals surface area contributed by atoms with Crippen molar-refractivity contribution in [2.45, 2.75) is 20.8 Å². The Morgan fingerprint density at radius 3 is 2.55 bits per heavy atom. The standard InChI is InChI=1S/C19H21N3/c1-13-9-10-16(11-14(13)2)21-20-12-18-15(3)22(4)19-8-6-5-7-17(18)19/h5-12,21H,1-4H3/b20-12+. The van der Waals surface area contributed by atoms with Crippen molar-refractivity contribution >= 4 is 22.8 Å². The van der Waals surface area contributed by atoms with Crippen molar-refractivity contribution in [1.29, 1.82) is 0 Å². The van der Waals surface area contributed by atoms with Gasteiger partial charge in [0.2, 0.25) is 0 Å². The van der Waals surface area contributed by atoms with E-state index in [0.717, 1.165) is 11.3 Å². The van der Waals surface area contributed by atoms with Crippen LogP contribution in [0.5, 0.6) is 0 Å². The SMILES string of the molecule is Cc1ccc(N/N=C/c2c(C)n(C)c3ccccc23)cc1C. The summed E-state index contributed by atoms with van der Waals surface area (Å²) in [4.78, 5) is 0. The van der Waals surface area contributed by atoms with Gasteiger partial charge in [-0.15, -0.1) is 0 Å². The van der Waals surface area contributed by atoms with Crippen molar-refractivity contribution < 1.29 is 0 Å². The monoisotopic (exact) mass is 291 g/mol. The van der Waals surface area contributed by atoms with Gasteiger partial charge in [0.25, 0.3) is 0 Å². The maximum atomic E-state index is 4.42. The summed E-state index contributed by atoms with van der Waals surface area (Å²) >= 11 is 0. The predicted octanol–water partition coefficient (Wildman–Crippen LogP) is 4.55. The predicted molar refractivity (Wildman–Crippen MR) is 94.8 cm³/mol. The molecule has 2 aromatic carbocycles. The number of para-hydroxylation sites is 1. The Morgan fingerprint density at radius 1 is 1.00 bits per heavy atom. The lowest BCUT2D eigenvalue weighted by Crippen LogP contribution is -1.94. The zero-order valence-corrected chi connectivity index (χ0v) is 13.5. The molecule has 0 spiro atoms. The number of nitrogens with one attached hydrogen (secondary N) is 1. The molecule has 0 saturated carbocycles. The highest BCUT2D eigenvalue weighted by molar-refractivity contribution is 6.01. The third kappa shape index (κ3) is 2.50. The fraction of sp³-hybridized carbons (Fsp3) is 0.211. The van der Waals surface area contributed by atoms with E-state index in [1.807, 2.05) is 6.21 Å².